The van der Waals surface area contributed by atoms with Crippen LogP contribution in [-0.2, 0) is 6.54 Å². The standard InChI is InChI=1S/C21H16FN3O4/c1-28-16-5-6-17-18(9-20(26)29-19(17)8-16)21(27)24-15-10-23-25(12-15)11-13-3-2-4-14(22)7-13/h2-10,12H,11H2,1H3,(H,24,27). The van der Waals surface area contributed by atoms with Gasteiger partial charge in [-0.05, 0) is 29.8 Å². The van der Waals surface area contributed by atoms with Crippen LogP contribution in [-0.4, -0.2) is 22.8 Å². The van der Waals surface area contributed by atoms with Crippen molar-refractivity contribution in [3.8, 4) is 5.75 Å². The van der Waals surface area contributed by atoms with E-state index in [1.165, 1.54) is 25.4 Å². The first-order chi connectivity index (χ1) is 14.0. The average Bonchev–Trinajstić information content (AvgIpc) is 3.13. The van der Waals surface area contributed by atoms with E-state index in [0.29, 0.717) is 23.4 Å². The topological polar surface area (TPSA) is 86.4 Å². The molecular formula is C21H16FN3O4. The number of nitrogens with zero attached hydrogens (tertiary/aromatic N) is 2. The van der Waals surface area contributed by atoms with E-state index in [4.69, 9.17) is 9.15 Å². The van der Waals surface area contributed by atoms with E-state index in [9.17, 15) is 14.0 Å². The third-order valence-electron chi connectivity index (χ3n) is 4.32. The molecule has 0 radical (unpaired) electrons. The number of halogens is 1. The van der Waals surface area contributed by atoms with Crippen LogP contribution in [0.5, 0.6) is 5.75 Å². The van der Waals surface area contributed by atoms with Gasteiger partial charge in [0, 0.05) is 23.7 Å². The molecule has 7 nitrogen and oxygen atoms in total. The maximum atomic E-state index is 13.3. The summed E-state index contributed by atoms with van der Waals surface area (Å²) in [6.07, 6.45) is 3.10. The molecule has 0 fully saturated rings. The first-order valence-electron chi connectivity index (χ1n) is 8.72. The lowest BCUT2D eigenvalue weighted by Gasteiger charge is -2.07. The number of carbonyl (C=O) groups excluding carboxylic acids is 1. The van der Waals surface area contributed by atoms with Gasteiger partial charge in [-0.2, -0.15) is 5.10 Å². The molecule has 0 aliphatic carbocycles. The average molecular weight is 393 g/mol. The Kier molecular flexibility index (Phi) is 4.82. The molecule has 2 heterocycles. The number of amides is 1. The van der Waals surface area contributed by atoms with Crippen molar-refractivity contribution in [2.24, 2.45) is 0 Å². The number of rotatable bonds is 5. The molecule has 0 aliphatic rings. The van der Waals surface area contributed by atoms with Crippen molar-refractivity contribution in [2.75, 3.05) is 12.4 Å². The van der Waals surface area contributed by atoms with Gasteiger partial charge in [-0.3, -0.25) is 9.48 Å². The fourth-order valence-corrected chi connectivity index (χ4v) is 2.99. The number of aromatic nitrogens is 2. The van der Waals surface area contributed by atoms with Crippen LogP contribution in [0.25, 0.3) is 11.0 Å². The molecule has 0 saturated carbocycles. The number of anilines is 1. The number of methoxy groups -OCH3 is 1. The van der Waals surface area contributed by atoms with Crippen molar-refractivity contribution in [3.63, 3.8) is 0 Å². The predicted octanol–water partition coefficient (Wildman–Crippen LogP) is 3.44. The summed E-state index contributed by atoms with van der Waals surface area (Å²) in [5.41, 5.74) is 0.978. The number of hydrogen-bond acceptors (Lipinski definition) is 5. The van der Waals surface area contributed by atoms with E-state index in [1.54, 1.807) is 41.2 Å². The van der Waals surface area contributed by atoms with Gasteiger partial charge in [0.2, 0.25) is 0 Å². The lowest BCUT2D eigenvalue weighted by molar-refractivity contribution is 0.102. The van der Waals surface area contributed by atoms with Crippen LogP contribution in [0.2, 0.25) is 0 Å². The largest absolute Gasteiger partial charge is 0.497 e. The Morgan fingerprint density at radius 3 is 2.90 bits per heavy atom. The van der Waals surface area contributed by atoms with Gasteiger partial charge in [-0.1, -0.05) is 12.1 Å². The molecule has 146 valence electrons. The van der Waals surface area contributed by atoms with Gasteiger partial charge in [-0.15, -0.1) is 0 Å². The molecule has 4 aromatic rings. The van der Waals surface area contributed by atoms with E-state index < -0.39 is 11.5 Å². The molecule has 8 heteroatoms. The van der Waals surface area contributed by atoms with Crippen LogP contribution in [0.1, 0.15) is 15.9 Å². The highest BCUT2D eigenvalue weighted by Gasteiger charge is 2.15. The lowest BCUT2D eigenvalue weighted by atomic mass is 10.1. The molecule has 0 saturated heterocycles. The Bertz CT molecular complexity index is 1260. The number of carbonyl (C=O) groups is 1. The van der Waals surface area contributed by atoms with E-state index >= 15 is 0 Å². The maximum Gasteiger partial charge on any atom is 0.337 e. The van der Waals surface area contributed by atoms with Crippen LogP contribution in [0.3, 0.4) is 0 Å². The summed E-state index contributed by atoms with van der Waals surface area (Å²) in [5.74, 6) is -0.287. The predicted molar refractivity (Wildman–Crippen MR) is 105 cm³/mol. The lowest BCUT2D eigenvalue weighted by Crippen LogP contribution is -2.15. The molecule has 0 bridgehead atoms. The minimum atomic E-state index is -0.641. The highest BCUT2D eigenvalue weighted by Crippen LogP contribution is 2.23. The Morgan fingerprint density at radius 1 is 1.24 bits per heavy atom. The fourth-order valence-electron chi connectivity index (χ4n) is 2.99. The van der Waals surface area contributed by atoms with Gasteiger partial charge in [0.25, 0.3) is 5.91 Å². The van der Waals surface area contributed by atoms with Gasteiger partial charge in [-0.25, -0.2) is 9.18 Å². The molecule has 1 amide bonds. The molecule has 2 aromatic heterocycles. The summed E-state index contributed by atoms with van der Waals surface area (Å²) in [5, 5.41) is 7.37. The molecule has 2 aromatic carbocycles. The van der Waals surface area contributed by atoms with Gasteiger partial charge < -0.3 is 14.5 Å². The van der Waals surface area contributed by atoms with Crippen LogP contribution >= 0.6 is 0 Å². The second-order valence-electron chi connectivity index (χ2n) is 6.35. The van der Waals surface area contributed by atoms with Crippen LogP contribution in [0.4, 0.5) is 10.1 Å². The molecule has 4 rings (SSSR count). The monoisotopic (exact) mass is 393 g/mol. The number of nitrogens with one attached hydrogen (secondary N) is 1. The van der Waals surface area contributed by atoms with Crippen molar-refractivity contribution in [3.05, 3.63) is 88.3 Å². The van der Waals surface area contributed by atoms with E-state index in [0.717, 1.165) is 11.6 Å². The summed E-state index contributed by atoms with van der Waals surface area (Å²) < 4.78 is 25.2. The SMILES string of the molecule is COc1ccc2c(C(=O)Nc3cnn(Cc4cccc(F)c4)c3)cc(=O)oc2c1. The zero-order valence-corrected chi connectivity index (χ0v) is 15.4. The zero-order valence-electron chi connectivity index (χ0n) is 15.4. The molecule has 1 N–H and O–H groups in total. The van der Waals surface area contributed by atoms with Crippen molar-refractivity contribution >= 4 is 22.6 Å². The summed E-state index contributed by atoms with van der Waals surface area (Å²) in [6.45, 7) is 0.352. The van der Waals surface area contributed by atoms with Crippen LogP contribution in [0.15, 0.2) is 70.1 Å². The third kappa shape index (κ3) is 4.01. The summed E-state index contributed by atoms with van der Waals surface area (Å²) in [6, 6.07) is 12.2. The number of hydrogen-bond donors (Lipinski definition) is 1. The number of benzene rings is 2. The molecule has 0 aliphatic heterocycles. The first kappa shape index (κ1) is 18.4. The summed E-state index contributed by atoms with van der Waals surface area (Å²) in [4.78, 5) is 24.6. The molecule has 0 spiro atoms. The highest BCUT2D eigenvalue weighted by molar-refractivity contribution is 6.12. The maximum absolute atomic E-state index is 13.3. The van der Waals surface area contributed by atoms with Crippen molar-refractivity contribution < 1.29 is 18.3 Å². The molecule has 0 atom stereocenters. The second-order valence-corrected chi connectivity index (χ2v) is 6.35. The number of ether oxygens (including phenoxy) is 1. The van der Waals surface area contributed by atoms with Crippen LogP contribution < -0.4 is 15.7 Å². The Morgan fingerprint density at radius 2 is 2.10 bits per heavy atom. The first-order valence-corrected chi connectivity index (χ1v) is 8.72. The van der Waals surface area contributed by atoms with E-state index in [1.807, 2.05) is 0 Å². The summed E-state index contributed by atoms with van der Waals surface area (Å²) >= 11 is 0. The van der Waals surface area contributed by atoms with Crippen molar-refractivity contribution in [1.29, 1.82) is 0 Å². The van der Waals surface area contributed by atoms with Gasteiger partial charge in [0.05, 0.1) is 31.1 Å². The van der Waals surface area contributed by atoms with E-state index in [2.05, 4.69) is 10.4 Å². The quantitative estimate of drug-likeness (QED) is 0.525. The number of fused-ring (bicyclic) bond motifs is 1. The van der Waals surface area contributed by atoms with Gasteiger partial charge in [0.1, 0.15) is 17.1 Å². The van der Waals surface area contributed by atoms with Crippen LogP contribution in [0, 0.1) is 5.82 Å². The Balaban J connectivity index is 1.57. The Hall–Kier alpha value is -3.94. The Labute approximate surface area is 164 Å². The second kappa shape index (κ2) is 7.59. The summed E-state index contributed by atoms with van der Waals surface area (Å²) in [7, 11) is 1.50. The minimum absolute atomic E-state index is 0.178. The van der Waals surface area contributed by atoms with Crippen molar-refractivity contribution in [2.45, 2.75) is 6.54 Å². The smallest absolute Gasteiger partial charge is 0.337 e. The molecule has 29 heavy (non-hydrogen) atoms. The molecular weight excluding hydrogens is 377 g/mol. The normalized spacial score (nSPS) is 10.8. The van der Waals surface area contributed by atoms with Gasteiger partial charge >= 0.3 is 5.63 Å². The van der Waals surface area contributed by atoms with Gasteiger partial charge in [0.15, 0.2) is 0 Å². The zero-order chi connectivity index (χ0) is 20.4. The molecule has 0 unspecified atom stereocenters. The third-order valence-corrected chi connectivity index (χ3v) is 4.32. The highest BCUT2D eigenvalue weighted by atomic mass is 19.1. The fraction of sp³-hybridized carbons (Fsp3) is 0.0952. The van der Waals surface area contributed by atoms with Crippen molar-refractivity contribution in [1.82, 2.24) is 9.78 Å². The van der Waals surface area contributed by atoms with E-state index in [-0.39, 0.29) is 17.0 Å². The minimum Gasteiger partial charge on any atom is -0.497 e.